The highest BCUT2D eigenvalue weighted by Crippen LogP contribution is 2.47. The molecule has 0 bridgehead atoms. The molecule has 2 atom stereocenters. The maximum Gasteiger partial charge on any atom is 0.119 e. The van der Waals surface area contributed by atoms with Crippen molar-refractivity contribution >= 4 is 0 Å². The Labute approximate surface area is 128 Å². The van der Waals surface area contributed by atoms with Crippen molar-refractivity contribution in [3.05, 3.63) is 29.8 Å². The third-order valence-corrected chi connectivity index (χ3v) is 5.13. The number of rotatable bonds is 5. The molecule has 1 aliphatic heterocycles. The Morgan fingerprint density at radius 1 is 1.33 bits per heavy atom. The number of ether oxygens (including phenoxy) is 2. The molecule has 1 aromatic carbocycles. The molecule has 21 heavy (non-hydrogen) atoms. The van der Waals surface area contributed by atoms with Crippen LogP contribution in [0, 0.1) is 5.92 Å². The zero-order chi connectivity index (χ0) is 14.7. The molecular weight excluding hydrogens is 262 g/mol. The Bertz CT molecular complexity index is 453. The van der Waals surface area contributed by atoms with Crippen LogP contribution in [0.1, 0.15) is 50.6 Å². The fraction of sp³-hybridized carbons (Fsp3) is 0.667. The molecule has 3 heteroatoms. The van der Waals surface area contributed by atoms with E-state index in [0.29, 0.717) is 12.0 Å². The van der Waals surface area contributed by atoms with E-state index in [2.05, 4.69) is 36.6 Å². The average Bonchev–Trinajstić information content (AvgIpc) is 2.49. The largest absolute Gasteiger partial charge is 0.494 e. The molecule has 1 aliphatic carbocycles. The molecule has 2 unspecified atom stereocenters. The van der Waals surface area contributed by atoms with E-state index in [1.54, 1.807) is 0 Å². The molecule has 1 saturated carbocycles. The first-order chi connectivity index (χ1) is 10.3. The van der Waals surface area contributed by atoms with Gasteiger partial charge < -0.3 is 14.8 Å². The molecule has 1 N–H and O–H groups in total. The molecule has 1 spiro atoms. The van der Waals surface area contributed by atoms with Crippen molar-refractivity contribution in [1.82, 2.24) is 5.32 Å². The van der Waals surface area contributed by atoms with E-state index in [0.717, 1.165) is 25.4 Å². The quantitative estimate of drug-likeness (QED) is 0.896. The van der Waals surface area contributed by atoms with Crippen LogP contribution in [-0.2, 0) is 4.74 Å². The van der Waals surface area contributed by atoms with Gasteiger partial charge in [0.1, 0.15) is 5.75 Å². The number of nitrogens with one attached hydrogen (secondary N) is 1. The number of hydrogen-bond donors (Lipinski definition) is 1. The van der Waals surface area contributed by atoms with Crippen LogP contribution in [0.3, 0.4) is 0 Å². The van der Waals surface area contributed by atoms with Crippen LogP contribution in [-0.4, -0.2) is 25.9 Å². The number of benzene rings is 1. The zero-order valence-corrected chi connectivity index (χ0v) is 13.2. The third-order valence-electron chi connectivity index (χ3n) is 5.13. The Hall–Kier alpha value is -1.06. The predicted octanol–water partition coefficient (Wildman–Crippen LogP) is 3.70. The van der Waals surface area contributed by atoms with E-state index in [1.807, 2.05) is 6.92 Å². The van der Waals surface area contributed by atoms with Gasteiger partial charge in [-0.05, 0) is 69.7 Å². The molecule has 1 aromatic rings. The lowest BCUT2D eigenvalue weighted by Crippen LogP contribution is -2.47. The summed E-state index contributed by atoms with van der Waals surface area (Å²) in [7, 11) is 2.07. The van der Waals surface area contributed by atoms with Gasteiger partial charge in [-0.3, -0.25) is 0 Å². The van der Waals surface area contributed by atoms with Crippen LogP contribution in [0.15, 0.2) is 24.3 Å². The van der Waals surface area contributed by atoms with Crippen LogP contribution in [0.5, 0.6) is 5.75 Å². The summed E-state index contributed by atoms with van der Waals surface area (Å²) >= 11 is 0. The fourth-order valence-electron chi connectivity index (χ4n) is 3.88. The van der Waals surface area contributed by atoms with Gasteiger partial charge in [0.25, 0.3) is 0 Å². The molecule has 0 radical (unpaired) electrons. The SMILES string of the molecule is CCOc1ccc(C(NC)C2CCOC3(CCC3)C2)cc1. The Morgan fingerprint density at radius 2 is 2.10 bits per heavy atom. The van der Waals surface area contributed by atoms with Gasteiger partial charge in [-0.25, -0.2) is 0 Å². The lowest BCUT2D eigenvalue weighted by atomic mass is 9.69. The first-order valence-corrected chi connectivity index (χ1v) is 8.30. The minimum Gasteiger partial charge on any atom is -0.494 e. The summed E-state index contributed by atoms with van der Waals surface area (Å²) < 4.78 is 11.6. The van der Waals surface area contributed by atoms with E-state index < -0.39 is 0 Å². The van der Waals surface area contributed by atoms with E-state index >= 15 is 0 Å². The van der Waals surface area contributed by atoms with Gasteiger partial charge in [0.05, 0.1) is 12.2 Å². The summed E-state index contributed by atoms with van der Waals surface area (Å²) in [4.78, 5) is 0. The number of hydrogen-bond acceptors (Lipinski definition) is 3. The normalized spacial score (nSPS) is 25.3. The molecular formula is C18H27NO2. The van der Waals surface area contributed by atoms with Gasteiger partial charge >= 0.3 is 0 Å². The minimum absolute atomic E-state index is 0.212. The van der Waals surface area contributed by atoms with Gasteiger partial charge in [-0.15, -0.1) is 0 Å². The van der Waals surface area contributed by atoms with Crippen LogP contribution < -0.4 is 10.1 Å². The molecule has 2 fully saturated rings. The van der Waals surface area contributed by atoms with Crippen LogP contribution in [0.4, 0.5) is 0 Å². The average molecular weight is 289 g/mol. The topological polar surface area (TPSA) is 30.5 Å². The monoisotopic (exact) mass is 289 g/mol. The van der Waals surface area contributed by atoms with Gasteiger partial charge in [0, 0.05) is 12.6 Å². The summed E-state index contributed by atoms with van der Waals surface area (Å²) in [6.45, 7) is 3.65. The van der Waals surface area contributed by atoms with Crippen molar-refractivity contribution in [2.45, 2.75) is 50.7 Å². The van der Waals surface area contributed by atoms with E-state index in [1.165, 1.54) is 31.2 Å². The van der Waals surface area contributed by atoms with Crippen molar-refractivity contribution in [2.75, 3.05) is 20.3 Å². The molecule has 0 amide bonds. The summed E-state index contributed by atoms with van der Waals surface area (Å²) in [6.07, 6.45) is 6.19. The van der Waals surface area contributed by atoms with Crippen molar-refractivity contribution in [1.29, 1.82) is 0 Å². The fourth-order valence-corrected chi connectivity index (χ4v) is 3.88. The lowest BCUT2D eigenvalue weighted by molar-refractivity contribution is -0.147. The highest BCUT2D eigenvalue weighted by Gasteiger charge is 2.44. The first kappa shape index (κ1) is 14.9. The van der Waals surface area contributed by atoms with E-state index in [4.69, 9.17) is 9.47 Å². The molecule has 0 aromatic heterocycles. The van der Waals surface area contributed by atoms with Gasteiger partial charge in [0.2, 0.25) is 0 Å². The smallest absolute Gasteiger partial charge is 0.119 e. The minimum atomic E-state index is 0.212. The molecule has 3 nitrogen and oxygen atoms in total. The predicted molar refractivity (Wildman–Crippen MR) is 84.7 cm³/mol. The lowest BCUT2D eigenvalue weighted by Gasteiger charge is -2.48. The van der Waals surface area contributed by atoms with Crippen molar-refractivity contribution in [2.24, 2.45) is 5.92 Å². The maximum atomic E-state index is 6.07. The van der Waals surface area contributed by atoms with Gasteiger partial charge in [-0.1, -0.05) is 12.1 Å². The maximum absolute atomic E-state index is 6.07. The van der Waals surface area contributed by atoms with Crippen LogP contribution in [0.25, 0.3) is 0 Å². The van der Waals surface area contributed by atoms with Gasteiger partial charge in [0.15, 0.2) is 0 Å². The second-order valence-corrected chi connectivity index (χ2v) is 6.41. The molecule has 1 saturated heterocycles. The van der Waals surface area contributed by atoms with Gasteiger partial charge in [-0.2, -0.15) is 0 Å². The summed E-state index contributed by atoms with van der Waals surface area (Å²) in [5, 5.41) is 3.53. The van der Waals surface area contributed by atoms with Crippen molar-refractivity contribution < 1.29 is 9.47 Å². The van der Waals surface area contributed by atoms with E-state index in [-0.39, 0.29) is 5.60 Å². The highest BCUT2D eigenvalue weighted by atomic mass is 16.5. The molecule has 2 aliphatic rings. The second kappa shape index (κ2) is 6.37. The molecule has 3 rings (SSSR count). The third kappa shape index (κ3) is 3.09. The Kier molecular flexibility index (Phi) is 4.51. The molecule has 116 valence electrons. The van der Waals surface area contributed by atoms with E-state index in [9.17, 15) is 0 Å². The summed E-state index contributed by atoms with van der Waals surface area (Å²) in [6, 6.07) is 9.00. The highest BCUT2D eigenvalue weighted by molar-refractivity contribution is 5.29. The van der Waals surface area contributed by atoms with Crippen molar-refractivity contribution in [3.8, 4) is 5.75 Å². The Morgan fingerprint density at radius 3 is 2.67 bits per heavy atom. The Balaban J connectivity index is 1.71. The zero-order valence-electron chi connectivity index (χ0n) is 13.2. The summed E-state index contributed by atoms with van der Waals surface area (Å²) in [5.74, 6) is 1.63. The van der Waals surface area contributed by atoms with Crippen LogP contribution in [0.2, 0.25) is 0 Å². The van der Waals surface area contributed by atoms with Crippen LogP contribution >= 0.6 is 0 Å². The summed E-state index contributed by atoms with van der Waals surface area (Å²) in [5.41, 5.74) is 1.57. The second-order valence-electron chi connectivity index (χ2n) is 6.41. The standard InChI is InChI=1S/C18H27NO2/c1-3-20-16-7-5-14(6-8-16)17(19-2)15-9-12-21-18(13-15)10-4-11-18/h5-8,15,17,19H,3-4,9-13H2,1-2H3. The molecule has 1 heterocycles. The van der Waals surface area contributed by atoms with Crippen molar-refractivity contribution in [3.63, 3.8) is 0 Å². The first-order valence-electron chi connectivity index (χ1n) is 8.30.